The predicted molar refractivity (Wildman–Crippen MR) is 146 cm³/mol. The van der Waals surface area contributed by atoms with Gasteiger partial charge in [-0.2, -0.15) is 0 Å². The van der Waals surface area contributed by atoms with Crippen molar-refractivity contribution in [3.05, 3.63) is 59.9 Å². The third-order valence-corrected chi connectivity index (χ3v) is 8.06. The van der Waals surface area contributed by atoms with E-state index >= 15 is 0 Å². The molecular weight excluding hydrogens is 509 g/mol. The molecular formula is C28H38FN3O5S. The highest BCUT2D eigenvalue weighted by molar-refractivity contribution is 7.92. The van der Waals surface area contributed by atoms with Gasteiger partial charge in [0.15, 0.2) is 0 Å². The van der Waals surface area contributed by atoms with E-state index in [0.717, 1.165) is 41.8 Å². The third-order valence-electron chi connectivity index (χ3n) is 6.87. The molecule has 1 atom stereocenters. The number of methoxy groups -OCH3 is 1. The minimum atomic E-state index is -3.64. The van der Waals surface area contributed by atoms with Crippen LogP contribution in [-0.2, 0) is 26.2 Å². The number of amides is 2. The summed E-state index contributed by atoms with van der Waals surface area (Å²) in [6.45, 7) is 2.18. The summed E-state index contributed by atoms with van der Waals surface area (Å²) >= 11 is 0. The van der Waals surface area contributed by atoms with Crippen LogP contribution in [0.5, 0.6) is 5.75 Å². The van der Waals surface area contributed by atoms with Crippen molar-refractivity contribution >= 4 is 27.5 Å². The summed E-state index contributed by atoms with van der Waals surface area (Å²) in [6, 6.07) is 12.0. The van der Waals surface area contributed by atoms with Gasteiger partial charge in [0.25, 0.3) is 0 Å². The molecule has 0 bridgehead atoms. The van der Waals surface area contributed by atoms with Gasteiger partial charge in [0.2, 0.25) is 21.8 Å². The second kappa shape index (κ2) is 13.6. The first-order valence-corrected chi connectivity index (χ1v) is 14.9. The van der Waals surface area contributed by atoms with E-state index in [-0.39, 0.29) is 43.8 Å². The number of sulfonamides is 1. The van der Waals surface area contributed by atoms with E-state index in [1.807, 2.05) is 31.2 Å². The molecule has 1 aliphatic rings. The van der Waals surface area contributed by atoms with E-state index in [4.69, 9.17) is 4.74 Å². The van der Waals surface area contributed by atoms with Crippen LogP contribution in [0.4, 0.5) is 10.1 Å². The van der Waals surface area contributed by atoms with Gasteiger partial charge in [0, 0.05) is 25.6 Å². The Morgan fingerprint density at radius 2 is 1.71 bits per heavy atom. The molecule has 38 heavy (non-hydrogen) atoms. The lowest BCUT2D eigenvalue weighted by molar-refractivity contribution is -0.141. The van der Waals surface area contributed by atoms with Crippen LogP contribution in [-0.4, -0.2) is 57.1 Å². The average Bonchev–Trinajstić information content (AvgIpc) is 3.40. The molecule has 2 amide bonds. The van der Waals surface area contributed by atoms with Crippen LogP contribution in [0.1, 0.15) is 57.4 Å². The SMILES string of the molecule is CC[C@H](C(=O)NC1CCCC1)N(Cc1ccc(OC)cc1)C(=O)CCCN(c1ccc(F)cc1)S(C)(=O)=O. The summed E-state index contributed by atoms with van der Waals surface area (Å²) < 4.78 is 44.6. The number of hydrogen-bond donors (Lipinski definition) is 1. The standard InChI is InChI=1S/C28H38FN3O5S/c1-4-26(28(34)30-23-8-5-6-9-23)31(20-21-11-17-25(37-2)18-12-21)27(33)10-7-19-32(38(3,35)36)24-15-13-22(29)14-16-24/h11-18,23,26H,4-10,19-20H2,1-3H3,(H,30,34)/t26-/m1/s1. The number of halogens is 1. The zero-order chi connectivity index (χ0) is 27.7. The molecule has 1 N–H and O–H groups in total. The lowest BCUT2D eigenvalue weighted by atomic mass is 10.1. The Balaban J connectivity index is 1.75. The molecule has 1 saturated carbocycles. The van der Waals surface area contributed by atoms with Crippen LogP contribution >= 0.6 is 0 Å². The highest BCUT2D eigenvalue weighted by Gasteiger charge is 2.30. The Morgan fingerprint density at radius 1 is 1.08 bits per heavy atom. The van der Waals surface area contributed by atoms with Gasteiger partial charge in [-0.25, -0.2) is 12.8 Å². The van der Waals surface area contributed by atoms with Crippen molar-refractivity contribution in [2.75, 3.05) is 24.2 Å². The first-order valence-electron chi connectivity index (χ1n) is 13.1. The lowest BCUT2D eigenvalue weighted by Crippen LogP contribution is -2.51. The summed E-state index contributed by atoms with van der Waals surface area (Å²) in [5.41, 5.74) is 1.19. The van der Waals surface area contributed by atoms with E-state index in [1.165, 1.54) is 24.3 Å². The molecule has 8 nitrogen and oxygen atoms in total. The molecule has 0 heterocycles. The second-order valence-electron chi connectivity index (χ2n) is 9.70. The smallest absolute Gasteiger partial charge is 0.243 e. The molecule has 1 fully saturated rings. The van der Waals surface area contributed by atoms with E-state index < -0.39 is 21.9 Å². The van der Waals surface area contributed by atoms with E-state index in [9.17, 15) is 22.4 Å². The number of nitrogens with zero attached hydrogens (tertiary/aromatic N) is 2. The molecule has 0 radical (unpaired) electrons. The minimum absolute atomic E-state index is 0.0522. The van der Waals surface area contributed by atoms with Crippen molar-refractivity contribution in [3.8, 4) is 5.75 Å². The maximum absolute atomic E-state index is 13.5. The molecule has 0 unspecified atom stereocenters. The number of ether oxygens (including phenoxy) is 1. The highest BCUT2D eigenvalue weighted by Crippen LogP contribution is 2.22. The number of anilines is 1. The normalized spacial score (nSPS) is 14.6. The third kappa shape index (κ3) is 8.18. The maximum atomic E-state index is 13.5. The molecule has 1 aliphatic carbocycles. The van der Waals surface area contributed by atoms with Crippen LogP contribution in [0, 0.1) is 5.82 Å². The van der Waals surface area contributed by atoms with Gasteiger partial charge in [0.05, 0.1) is 19.1 Å². The lowest BCUT2D eigenvalue weighted by Gasteiger charge is -2.32. The number of hydrogen-bond acceptors (Lipinski definition) is 5. The topological polar surface area (TPSA) is 96.0 Å². The number of benzene rings is 2. The van der Waals surface area contributed by atoms with E-state index in [1.54, 1.807) is 12.0 Å². The zero-order valence-electron chi connectivity index (χ0n) is 22.4. The van der Waals surface area contributed by atoms with Gasteiger partial charge < -0.3 is 15.0 Å². The quantitative estimate of drug-likeness (QED) is 0.405. The van der Waals surface area contributed by atoms with Crippen LogP contribution in [0.2, 0.25) is 0 Å². The molecule has 0 aromatic heterocycles. The Bertz CT molecular complexity index is 1170. The van der Waals surface area contributed by atoms with Crippen LogP contribution in [0.15, 0.2) is 48.5 Å². The summed E-state index contributed by atoms with van der Waals surface area (Å²) in [7, 11) is -2.06. The Hall–Kier alpha value is -3.14. The van der Waals surface area contributed by atoms with E-state index in [2.05, 4.69) is 5.32 Å². The van der Waals surface area contributed by atoms with Crippen LogP contribution < -0.4 is 14.4 Å². The molecule has 3 rings (SSSR count). The number of rotatable bonds is 13. The van der Waals surface area contributed by atoms with Crippen molar-refractivity contribution < 1.29 is 27.1 Å². The molecule has 208 valence electrons. The van der Waals surface area contributed by atoms with Gasteiger partial charge in [-0.3, -0.25) is 13.9 Å². The Morgan fingerprint density at radius 3 is 2.26 bits per heavy atom. The van der Waals surface area contributed by atoms with Gasteiger partial charge in [-0.05, 0) is 67.6 Å². The molecule has 0 spiro atoms. The van der Waals surface area contributed by atoms with Crippen molar-refractivity contribution in [3.63, 3.8) is 0 Å². The average molecular weight is 548 g/mol. The zero-order valence-corrected chi connectivity index (χ0v) is 23.2. The van der Waals surface area contributed by atoms with Gasteiger partial charge in [0.1, 0.15) is 17.6 Å². The van der Waals surface area contributed by atoms with Crippen molar-refractivity contribution in [2.45, 2.75) is 70.5 Å². The Labute approximate surface area is 225 Å². The van der Waals surface area contributed by atoms with Gasteiger partial charge >= 0.3 is 0 Å². The first kappa shape index (κ1) is 29.4. The van der Waals surface area contributed by atoms with Crippen molar-refractivity contribution in [1.29, 1.82) is 0 Å². The molecule has 0 saturated heterocycles. The fraction of sp³-hybridized carbons (Fsp3) is 0.500. The highest BCUT2D eigenvalue weighted by atomic mass is 32.2. The van der Waals surface area contributed by atoms with E-state index in [0.29, 0.717) is 17.9 Å². The number of nitrogens with one attached hydrogen (secondary N) is 1. The number of carbonyl (C=O) groups is 2. The molecule has 10 heteroatoms. The maximum Gasteiger partial charge on any atom is 0.243 e. The van der Waals surface area contributed by atoms with Crippen molar-refractivity contribution in [2.24, 2.45) is 0 Å². The summed E-state index contributed by atoms with van der Waals surface area (Å²) in [5.74, 6) is -0.167. The van der Waals surface area contributed by atoms with Crippen molar-refractivity contribution in [1.82, 2.24) is 10.2 Å². The first-order chi connectivity index (χ1) is 18.1. The summed E-state index contributed by atoms with van der Waals surface area (Å²) in [5, 5.41) is 3.12. The predicted octanol–water partition coefficient (Wildman–Crippen LogP) is 4.25. The fourth-order valence-corrected chi connectivity index (χ4v) is 5.79. The van der Waals surface area contributed by atoms with Gasteiger partial charge in [-0.15, -0.1) is 0 Å². The largest absolute Gasteiger partial charge is 0.497 e. The fourth-order valence-electron chi connectivity index (χ4n) is 4.83. The van der Waals surface area contributed by atoms with Gasteiger partial charge in [-0.1, -0.05) is 31.9 Å². The minimum Gasteiger partial charge on any atom is -0.497 e. The molecule has 2 aromatic rings. The monoisotopic (exact) mass is 547 g/mol. The summed E-state index contributed by atoms with van der Waals surface area (Å²) in [4.78, 5) is 28.4. The van der Waals surface area contributed by atoms with Crippen LogP contribution in [0.25, 0.3) is 0 Å². The molecule has 0 aliphatic heterocycles. The molecule has 2 aromatic carbocycles. The number of carbonyl (C=O) groups excluding carboxylic acids is 2. The Kier molecular flexibility index (Phi) is 10.5. The van der Waals surface area contributed by atoms with Crippen LogP contribution in [0.3, 0.4) is 0 Å². The summed E-state index contributed by atoms with van der Waals surface area (Å²) in [6.07, 6.45) is 5.88. The second-order valence-corrected chi connectivity index (χ2v) is 11.6.